The summed E-state index contributed by atoms with van der Waals surface area (Å²) < 4.78 is 10.5. The first-order valence-corrected chi connectivity index (χ1v) is 6.10. The molecule has 0 aliphatic carbocycles. The quantitative estimate of drug-likeness (QED) is 0.895. The van der Waals surface area contributed by atoms with Crippen LogP contribution in [0.1, 0.15) is 11.3 Å². The lowest BCUT2D eigenvalue weighted by molar-refractivity contribution is 0.393. The molecule has 0 fully saturated rings. The van der Waals surface area contributed by atoms with Gasteiger partial charge in [-0.2, -0.15) is 0 Å². The van der Waals surface area contributed by atoms with Gasteiger partial charge in [-0.05, 0) is 36.8 Å². The van der Waals surface area contributed by atoms with Crippen molar-refractivity contribution in [1.29, 1.82) is 0 Å². The molecule has 0 aliphatic rings. The third-order valence-corrected chi connectivity index (χ3v) is 2.82. The maximum absolute atomic E-state index is 5.24. The number of aromatic nitrogens is 1. The van der Waals surface area contributed by atoms with Gasteiger partial charge in [-0.1, -0.05) is 0 Å². The van der Waals surface area contributed by atoms with E-state index in [1.165, 1.54) is 0 Å². The van der Waals surface area contributed by atoms with E-state index in [0.717, 1.165) is 28.4 Å². The Morgan fingerprint density at radius 2 is 1.74 bits per heavy atom. The minimum Gasteiger partial charge on any atom is -0.497 e. The highest BCUT2D eigenvalue weighted by Crippen LogP contribution is 2.23. The molecular weight excluding hydrogens is 240 g/mol. The Kier molecular flexibility index (Phi) is 4.23. The van der Waals surface area contributed by atoms with Gasteiger partial charge in [0.1, 0.15) is 11.5 Å². The number of hydrogen-bond donors (Lipinski definition) is 1. The van der Waals surface area contributed by atoms with Gasteiger partial charge >= 0.3 is 0 Å². The summed E-state index contributed by atoms with van der Waals surface area (Å²) in [6, 6.07) is 9.82. The number of ether oxygens (including phenoxy) is 2. The average Bonchev–Trinajstić information content (AvgIpc) is 2.46. The number of rotatable bonds is 5. The van der Waals surface area contributed by atoms with E-state index < -0.39 is 0 Å². The predicted molar refractivity (Wildman–Crippen MR) is 75.8 cm³/mol. The second-order valence-corrected chi connectivity index (χ2v) is 4.26. The Hall–Kier alpha value is -2.23. The summed E-state index contributed by atoms with van der Waals surface area (Å²) in [5, 5.41) is 3.32. The maximum Gasteiger partial charge on any atom is 0.122 e. The van der Waals surface area contributed by atoms with Crippen molar-refractivity contribution in [2.45, 2.75) is 13.5 Å². The highest BCUT2D eigenvalue weighted by Gasteiger charge is 2.02. The highest BCUT2D eigenvalue weighted by atomic mass is 16.5. The van der Waals surface area contributed by atoms with Crippen molar-refractivity contribution in [1.82, 2.24) is 4.98 Å². The largest absolute Gasteiger partial charge is 0.497 e. The van der Waals surface area contributed by atoms with Crippen LogP contribution in [0, 0.1) is 6.92 Å². The van der Waals surface area contributed by atoms with Crippen molar-refractivity contribution < 1.29 is 9.47 Å². The number of benzene rings is 1. The summed E-state index contributed by atoms with van der Waals surface area (Å²) in [5.74, 6) is 1.58. The number of pyridine rings is 1. The molecule has 0 amide bonds. The number of nitrogens with one attached hydrogen (secondary N) is 1. The summed E-state index contributed by atoms with van der Waals surface area (Å²) in [5.41, 5.74) is 3.10. The maximum atomic E-state index is 5.24. The van der Waals surface area contributed by atoms with E-state index in [0.29, 0.717) is 6.54 Å². The summed E-state index contributed by atoms with van der Waals surface area (Å²) in [4.78, 5) is 4.25. The molecule has 100 valence electrons. The zero-order chi connectivity index (χ0) is 13.7. The van der Waals surface area contributed by atoms with Gasteiger partial charge in [-0.25, -0.2) is 0 Å². The molecule has 2 aromatic rings. The molecule has 0 unspecified atom stereocenters. The standard InChI is InChI=1S/C15H18N2O2/c1-11-4-5-13(10-16-11)17-9-12-6-14(18-2)8-15(7-12)19-3/h4-8,10,17H,9H2,1-3H3. The molecule has 0 saturated carbocycles. The van der Waals surface area contributed by atoms with Gasteiger partial charge in [0, 0.05) is 18.3 Å². The van der Waals surface area contributed by atoms with Gasteiger partial charge in [-0.15, -0.1) is 0 Å². The first-order valence-electron chi connectivity index (χ1n) is 6.10. The average molecular weight is 258 g/mol. The van der Waals surface area contributed by atoms with Crippen LogP contribution >= 0.6 is 0 Å². The first-order chi connectivity index (χ1) is 9.21. The van der Waals surface area contributed by atoms with Crippen LogP contribution in [0.3, 0.4) is 0 Å². The highest BCUT2D eigenvalue weighted by molar-refractivity contribution is 5.44. The van der Waals surface area contributed by atoms with Gasteiger partial charge in [-0.3, -0.25) is 4.98 Å². The van der Waals surface area contributed by atoms with Crippen molar-refractivity contribution in [3.05, 3.63) is 47.8 Å². The SMILES string of the molecule is COc1cc(CNc2ccc(C)nc2)cc(OC)c1. The fourth-order valence-electron chi connectivity index (χ4n) is 1.74. The Morgan fingerprint density at radius 1 is 1.05 bits per heavy atom. The van der Waals surface area contributed by atoms with Crippen LogP contribution in [0.25, 0.3) is 0 Å². The topological polar surface area (TPSA) is 43.4 Å². The predicted octanol–water partition coefficient (Wildman–Crippen LogP) is 3.02. The molecule has 0 atom stereocenters. The van der Waals surface area contributed by atoms with E-state index in [9.17, 15) is 0 Å². The Bertz CT molecular complexity index is 516. The Morgan fingerprint density at radius 3 is 2.26 bits per heavy atom. The second kappa shape index (κ2) is 6.09. The number of methoxy groups -OCH3 is 2. The van der Waals surface area contributed by atoms with E-state index in [2.05, 4.69) is 10.3 Å². The molecule has 4 nitrogen and oxygen atoms in total. The minimum absolute atomic E-state index is 0.693. The molecular formula is C15H18N2O2. The second-order valence-electron chi connectivity index (χ2n) is 4.26. The van der Waals surface area contributed by atoms with Crippen LogP contribution in [0.5, 0.6) is 11.5 Å². The lowest BCUT2D eigenvalue weighted by atomic mass is 10.2. The van der Waals surface area contributed by atoms with Gasteiger partial charge in [0.25, 0.3) is 0 Å². The normalized spacial score (nSPS) is 10.1. The van der Waals surface area contributed by atoms with Gasteiger partial charge in [0.05, 0.1) is 26.1 Å². The van der Waals surface area contributed by atoms with Crippen LogP contribution < -0.4 is 14.8 Å². The van der Waals surface area contributed by atoms with Gasteiger partial charge in [0.2, 0.25) is 0 Å². The molecule has 0 spiro atoms. The van der Waals surface area contributed by atoms with Crippen molar-refractivity contribution in [2.75, 3.05) is 19.5 Å². The fourth-order valence-corrected chi connectivity index (χ4v) is 1.74. The molecule has 4 heteroatoms. The number of hydrogen-bond acceptors (Lipinski definition) is 4. The number of aryl methyl sites for hydroxylation is 1. The van der Waals surface area contributed by atoms with Crippen molar-refractivity contribution in [3.63, 3.8) is 0 Å². The van der Waals surface area contributed by atoms with E-state index in [-0.39, 0.29) is 0 Å². The smallest absolute Gasteiger partial charge is 0.122 e. The number of nitrogens with zero attached hydrogens (tertiary/aromatic N) is 1. The zero-order valence-electron chi connectivity index (χ0n) is 11.4. The molecule has 19 heavy (non-hydrogen) atoms. The summed E-state index contributed by atoms with van der Waals surface area (Å²) in [6.07, 6.45) is 1.83. The van der Waals surface area contributed by atoms with Crippen LogP contribution in [0.15, 0.2) is 36.5 Å². The Labute approximate surface area is 113 Å². The van der Waals surface area contributed by atoms with Crippen LogP contribution in [0.4, 0.5) is 5.69 Å². The molecule has 2 rings (SSSR count). The van der Waals surface area contributed by atoms with Gasteiger partial charge in [0.15, 0.2) is 0 Å². The van der Waals surface area contributed by atoms with Crippen molar-refractivity contribution in [3.8, 4) is 11.5 Å². The van der Waals surface area contributed by atoms with E-state index in [4.69, 9.17) is 9.47 Å². The minimum atomic E-state index is 0.693. The number of anilines is 1. The zero-order valence-corrected chi connectivity index (χ0v) is 11.4. The lowest BCUT2D eigenvalue weighted by Gasteiger charge is -2.10. The lowest BCUT2D eigenvalue weighted by Crippen LogP contribution is -2.01. The van der Waals surface area contributed by atoms with Crippen LogP contribution in [-0.2, 0) is 6.54 Å². The Balaban J connectivity index is 2.08. The van der Waals surface area contributed by atoms with E-state index in [1.807, 2.05) is 43.5 Å². The molecule has 0 bridgehead atoms. The molecule has 1 aromatic carbocycles. The molecule has 0 saturated heterocycles. The van der Waals surface area contributed by atoms with Gasteiger partial charge < -0.3 is 14.8 Å². The summed E-state index contributed by atoms with van der Waals surface area (Å²) in [6.45, 7) is 2.66. The monoisotopic (exact) mass is 258 g/mol. The molecule has 1 aromatic heterocycles. The van der Waals surface area contributed by atoms with Crippen molar-refractivity contribution in [2.24, 2.45) is 0 Å². The molecule has 0 aliphatic heterocycles. The molecule has 1 N–H and O–H groups in total. The molecule has 0 radical (unpaired) electrons. The third-order valence-electron chi connectivity index (χ3n) is 2.82. The van der Waals surface area contributed by atoms with Crippen molar-refractivity contribution >= 4 is 5.69 Å². The summed E-state index contributed by atoms with van der Waals surface area (Å²) in [7, 11) is 3.30. The van der Waals surface area contributed by atoms with E-state index in [1.54, 1.807) is 14.2 Å². The summed E-state index contributed by atoms with van der Waals surface area (Å²) >= 11 is 0. The fraction of sp³-hybridized carbons (Fsp3) is 0.267. The van der Waals surface area contributed by atoms with Crippen LogP contribution in [0.2, 0.25) is 0 Å². The first kappa shape index (κ1) is 13.2. The van der Waals surface area contributed by atoms with Crippen LogP contribution in [-0.4, -0.2) is 19.2 Å². The molecule has 1 heterocycles. The van der Waals surface area contributed by atoms with E-state index >= 15 is 0 Å². The third kappa shape index (κ3) is 3.61.